The van der Waals surface area contributed by atoms with Gasteiger partial charge in [0, 0.05) is 19.6 Å². The molecule has 2 heterocycles. The predicted octanol–water partition coefficient (Wildman–Crippen LogP) is 1.62. The zero-order chi connectivity index (χ0) is 12.8. The van der Waals surface area contributed by atoms with Crippen LogP contribution in [-0.4, -0.2) is 35.5 Å². The molecule has 0 aliphatic carbocycles. The Kier molecular flexibility index (Phi) is 2.72. The molecule has 18 heavy (non-hydrogen) atoms. The number of likely N-dealkylation sites (tertiary alicyclic amines) is 1. The van der Waals surface area contributed by atoms with E-state index in [0.29, 0.717) is 12.7 Å². The Balaban J connectivity index is 1.62. The maximum atomic E-state index is 10.2. The molecule has 1 aromatic carbocycles. The maximum absolute atomic E-state index is 10.2. The third-order valence-electron chi connectivity index (χ3n) is 3.91. The standard InChI is InChI=1S/C14H19NO3/c1-10(2)14(16)7-15(8-14)6-11-3-4-12-13(5-11)18-9-17-12/h3-5,10,16H,6-9H2,1-2H3. The van der Waals surface area contributed by atoms with Gasteiger partial charge in [0.2, 0.25) is 6.79 Å². The highest BCUT2D eigenvalue weighted by Crippen LogP contribution is 2.34. The minimum absolute atomic E-state index is 0.311. The number of benzene rings is 1. The zero-order valence-corrected chi connectivity index (χ0v) is 10.8. The van der Waals surface area contributed by atoms with Crippen LogP contribution in [0.3, 0.4) is 0 Å². The van der Waals surface area contributed by atoms with Crippen LogP contribution in [0, 0.1) is 5.92 Å². The first-order valence-electron chi connectivity index (χ1n) is 6.40. The number of β-amino-alcohol motifs (C(OH)–C–C–N with tert-alkyl or cyclic N) is 1. The van der Waals surface area contributed by atoms with Gasteiger partial charge >= 0.3 is 0 Å². The Morgan fingerprint density at radius 3 is 2.72 bits per heavy atom. The molecule has 2 aliphatic heterocycles. The monoisotopic (exact) mass is 249 g/mol. The Bertz CT molecular complexity index is 452. The minimum Gasteiger partial charge on any atom is -0.454 e. The second-order valence-corrected chi connectivity index (χ2v) is 5.59. The van der Waals surface area contributed by atoms with Crippen LogP contribution in [0.15, 0.2) is 18.2 Å². The van der Waals surface area contributed by atoms with Crippen LogP contribution in [0.5, 0.6) is 11.5 Å². The van der Waals surface area contributed by atoms with E-state index in [2.05, 4.69) is 24.8 Å². The molecule has 0 saturated carbocycles. The summed E-state index contributed by atoms with van der Waals surface area (Å²) in [5.74, 6) is 1.96. The largest absolute Gasteiger partial charge is 0.454 e. The summed E-state index contributed by atoms with van der Waals surface area (Å²) in [7, 11) is 0. The smallest absolute Gasteiger partial charge is 0.231 e. The molecule has 2 aliphatic rings. The highest BCUT2D eigenvalue weighted by Gasteiger charge is 2.43. The van der Waals surface area contributed by atoms with Crippen molar-refractivity contribution in [1.29, 1.82) is 0 Å². The molecule has 98 valence electrons. The van der Waals surface area contributed by atoms with E-state index in [1.165, 1.54) is 5.56 Å². The summed E-state index contributed by atoms with van der Waals surface area (Å²) in [6.45, 7) is 6.80. The van der Waals surface area contributed by atoms with Gasteiger partial charge in [-0.05, 0) is 23.6 Å². The first-order chi connectivity index (χ1) is 8.57. The number of rotatable bonds is 3. The van der Waals surface area contributed by atoms with E-state index in [1.54, 1.807) is 0 Å². The van der Waals surface area contributed by atoms with E-state index in [9.17, 15) is 5.11 Å². The molecule has 4 nitrogen and oxygen atoms in total. The highest BCUT2D eigenvalue weighted by atomic mass is 16.7. The number of fused-ring (bicyclic) bond motifs is 1. The quantitative estimate of drug-likeness (QED) is 0.884. The van der Waals surface area contributed by atoms with Crippen LogP contribution >= 0.6 is 0 Å². The molecule has 3 rings (SSSR count). The summed E-state index contributed by atoms with van der Waals surface area (Å²) in [6, 6.07) is 6.03. The lowest BCUT2D eigenvalue weighted by Crippen LogP contribution is -2.63. The average molecular weight is 249 g/mol. The van der Waals surface area contributed by atoms with E-state index >= 15 is 0 Å². The molecule has 0 amide bonds. The molecule has 0 aromatic heterocycles. The Morgan fingerprint density at radius 2 is 2.00 bits per heavy atom. The molecule has 1 saturated heterocycles. The molecule has 0 spiro atoms. The van der Waals surface area contributed by atoms with Crippen LogP contribution in [0.1, 0.15) is 19.4 Å². The fourth-order valence-electron chi connectivity index (χ4n) is 2.50. The lowest BCUT2D eigenvalue weighted by atomic mass is 9.83. The third-order valence-corrected chi connectivity index (χ3v) is 3.91. The van der Waals surface area contributed by atoms with Gasteiger partial charge in [-0.25, -0.2) is 0 Å². The summed E-state index contributed by atoms with van der Waals surface area (Å²) in [4.78, 5) is 2.25. The van der Waals surface area contributed by atoms with Gasteiger partial charge in [-0.1, -0.05) is 19.9 Å². The summed E-state index contributed by atoms with van der Waals surface area (Å²) >= 11 is 0. The maximum Gasteiger partial charge on any atom is 0.231 e. The Morgan fingerprint density at radius 1 is 1.28 bits per heavy atom. The lowest BCUT2D eigenvalue weighted by molar-refractivity contribution is -0.130. The average Bonchev–Trinajstić information content (AvgIpc) is 2.73. The lowest BCUT2D eigenvalue weighted by Gasteiger charge is -2.49. The van der Waals surface area contributed by atoms with Gasteiger partial charge in [-0.15, -0.1) is 0 Å². The number of aliphatic hydroxyl groups is 1. The Labute approximate surface area is 107 Å². The predicted molar refractivity (Wildman–Crippen MR) is 67.6 cm³/mol. The van der Waals surface area contributed by atoms with Gasteiger partial charge in [-0.3, -0.25) is 4.90 Å². The molecular weight excluding hydrogens is 230 g/mol. The summed E-state index contributed by atoms with van der Waals surface area (Å²) in [5, 5.41) is 10.2. The van der Waals surface area contributed by atoms with Crippen molar-refractivity contribution in [3.63, 3.8) is 0 Å². The number of ether oxygens (including phenoxy) is 2. The topological polar surface area (TPSA) is 41.9 Å². The number of hydrogen-bond donors (Lipinski definition) is 1. The van der Waals surface area contributed by atoms with Crippen molar-refractivity contribution in [2.75, 3.05) is 19.9 Å². The van der Waals surface area contributed by atoms with E-state index < -0.39 is 5.60 Å². The van der Waals surface area contributed by atoms with Crippen molar-refractivity contribution < 1.29 is 14.6 Å². The molecule has 1 aromatic rings. The van der Waals surface area contributed by atoms with Crippen LogP contribution < -0.4 is 9.47 Å². The van der Waals surface area contributed by atoms with Crippen molar-refractivity contribution in [3.8, 4) is 11.5 Å². The molecular formula is C14H19NO3. The molecule has 0 radical (unpaired) electrons. The number of nitrogens with zero attached hydrogens (tertiary/aromatic N) is 1. The molecule has 0 atom stereocenters. The zero-order valence-electron chi connectivity index (χ0n) is 10.8. The third kappa shape index (κ3) is 1.95. The Hall–Kier alpha value is -1.26. The van der Waals surface area contributed by atoms with Crippen molar-refractivity contribution >= 4 is 0 Å². The van der Waals surface area contributed by atoms with E-state index in [0.717, 1.165) is 31.1 Å². The van der Waals surface area contributed by atoms with Crippen molar-refractivity contribution in [3.05, 3.63) is 23.8 Å². The summed E-state index contributed by atoms with van der Waals surface area (Å²) in [5.41, 5.74) is 0.695. The van der Waals surface area contributed by atoms with Crippen molar-refractivity contribution in [2.24, 2.45) is 5.92 Å². The molecule has 1 fully saturated rings. The van der Waals surface area contributed by atoms with Crippen LogP contribution in [-0.2, 0) is 6.54 Å². The SMILES string of the molecule is CC(C)C1(O)CN(Cc2ccc3c(c2)OCO3)C1. The molecule has 1 N–H and O–H groups in total. The first kappa shape index (κ1) is 11.8. The number of hydrogen-bond acceptors (Lipinski definition) is 4. The highest BCUT2D eigenvalue weighted by molar-refractivity contribution is 5.44. The van der Waals surface area contributed by atoms with Gasteiger partial charge in [0.15, 0.2) is 11.5 Å². The normalized spacial score (nSPS) is 21.1. The van der Waals surface area contributed by atoms with Gasteiger partial charge in [0.1, 0.15) is 0 Å². The van der Waals surface area contributed by atoms with Crippen LogP contribution in [0.2, 0.25) is 0 Å². The molecule has 0 bridgehead atoms. The van der Waals surface area contributed by atoms with E-state index in [4.69, 9.17) is 9.47 Å². The minimum atomic E-state index is -0.504. The second-order valence-electron chi connectivity index (χ2n) is 5.59. The fraction of sp³-hybridized carbons (Fsp3) is 0.571. The summed E-state index contributed by atoms with van der Waals surface area (Å²) < 4.78 is 10.6. The molecule has 0 unspecified atom stereocenters. The van der Waals surface area contributed by atoms with E-state index in [1.807, 2.05) is 12.1 Å². The van der Waals surface area contributed by atoms with Gasteiger partial charge in [-0.2, -0.15) is 0 Å². The van der Waals surface area contributed by atoms with Crippen LogP contribution in [0.4, 0.5) is 0 Å². The van der Waals surface area contributed by atoms with Crippen molar-refractivity contribution in [2.45, 2.75) is 26.0 Å². The van der Waals surface area contributed by atoms with Gasteiger partial charge in [0.25, 0.3) is 0 Å². The van der Waals surface area contributed by atoms with Crippen molar-refractivity contribution in [1.82, 2.24) is 4.90 Å². The van der Waals surface area contributed by atoms with E-state index in [-0.39, 0.29) is 0 Å². The second kappa shape index (κ2) is 4.14. The van der Waals surface area contributed by atoms with Gasteiger partial charge < -0.3 is 14.6 Å². The first-order valence-corrected chi connectivity index (χ1v) is 6.40. The van der Waals surface area contributed by atoms with Gasteiger partial charge in [0.05, 0.1) is 5.60 Å². The fourth-order valence-corrected chi connectivity index (χ4v) is 2.50. The van der Waals surface area contributed by atoms with Crippen LogP contribution in [0.25, 0.3) is 0 Å². The summed E-state index contributed by atoms with van der Waals surface area (Å²) in [6.07, 6.45) is 0. The molecule has 4 heteroatoms.